The Bertz CT molecular complexity index is 1960. The van der Waals surface area contributed by atoms with Gasteiger partial charge in [-0.15, -0.1) is 0 Å². The van der Waals surface area contributed by atoms with Crippen molar-refractivity contribution in [2.75, 3.05) is 6.61 Å². The molecule has 12 heteroatoms. The van der Waals surface area contributed by atoms with Crippen molar-refractivity contribution in [2.24, 2.45) is 0 Å². The molecule has 0 fully saturated rings. The van der Waals surface area contributed by atoms with Crippen LogP contribution >= 0.6 is 0 Å². The molecule has 0 saturated heterocycles. The van der Waals surface area contributed by atoms with Gasteiger partial charge in [0.1, 0.15) is 17.1 Å². The molecule has 0 bridgehead atoms. The van der Waals surface area contributed by atoms with Crippen molar-refractivity contribution < 1.29 is 57.2 Å². The van der Waals surface area contributed by atoms with E-state index in [1.807, 2.05) is 30.3 Å². The number of cyclic esters (lactones) is 4. The summed E-state index contributed by atoms with van der Waals surface area (Å²) in [5.41, 5.74) is 0.274. The molecule has 0 saturated carbocycles. The fourth-order valence-electron chi connectivity index (χ4n) is 4.55. The molecule has 0 spiro atoms. The van der Waals surface area contributed by atoms with Crippen molar-refractivity contribution in [2.45, 2.75) is 6.42 Å². The molecular formula is C33H18O12. The maximum absolute atomic E-state index is 13.2. The SMILES string of the molecule is O=C(Oc1ccc(OC(=O)c2ccc3c(c2)C(=O)OC3=O)c(C(=O)OCCc2ccccc2)c1)c1ccc2c(c1)C(=O)OC2=O. The molecule has 45 heavy (non-hydrogen) atoms. The molecule has 0 N–H and O–H groups in total. The monoisotopic (exact) mass is 606 g/mol. The van der Waals surface area contributed by atoms with E-state index in [1.165, 1.54) is 36.4 Å². The van der Waals surface area contributed by atoms with E-state index in [-0.39, 0.29) is 57.1 Å². The van der Waals surface area contributed by atoms with Gasteiger partial charge in [0.2, 0.25) is 0 Å². The van der Waals surface area contributed by atoms with E-state index in [2.05, 4.69) is 9.47 Å². The highest BCUT2D eigenvalue weighted by atomic mass is 16.6. The number of esters is 7. The Labute approximate surface area is 253 Å². The summed E-state index contributed by atoms with van der Waals surface area (Å²) in [5, 5.41) is 0. The number of ether oxygens (including phenoxy) is 5. The quantitative estimate of drug-likeness (QED) is 0.122. The summed E-state index contributed by atoms with van der Waals surface area (Å²) < 4.78 is 25.3. The lowest BCUT2D eigenvalue weighted by Gasteiger charge is -2.13. The van der Waals surface area contributed by atoms with Crippen molar-refractivity contribution in [3.05, 3.63) is 129 Å². The first-order valence-corrected chi connectivity index (χ1v) is 13.3. The highest BCUT2D eigenvalue weighted by molar-refractivity contribution is 6.16. The molecule has 6 rings (SSSR count). The van der Waals surface area contributed by atoms with Crippen LogP contribution in [-0.2, 0) is 20.6 Å². The van der Waals surface area contributed by atoms with Crippen molar-refractivity contribution in [1.29, 1.82) is 0 Å². The van der Waals surface area contributed by atoms with Crippen LogP contribution in [0.5, 0.6) is 11.5 Å². The van der Waals surface area contributed by atoms with Crippen molar-refractivity contribution in [1.82, 2.24) is 0 Å². The minimum atomic E-state index is -0.965. The topological polar surface area (TPSA) is 166 Å². The van der Waals surface area contributed by atoms with Gasteiger partial charge < -0.3 is 23.7 Å². The standard InChI is InChI=1S/C33H18O12/c34-27(18-6-9-21-23(14-18)32(39)44-30(21)37)42-20-8-11-26(25(16-20)29(36)41-13-12-17-4-2-1-3-5-17)43-28(35)19-7-10-22-24(15-19)33(40)45-31(22)38/h1-11,14-16H,12-13H2. The lowest BCUT2D eigenvalue weighted by molar-refractivity contribution is 0.0425. The summed E-state index contributed by atoms with van der Waals surface area (Å²) in [6.45, 7) is -0.0227. The van der Waals surface area contributed by atoms with E-state index in [1.54, 1.807) is 0 Å². The fraction of sp³-hybridized carbons (Fsp3) is 0.0606. The van der Waals surface area contributed by atoms with E-state index >= 15 is 0 Å². The van der Waals surface area contributed by atoms with E-state index in [0.717, 1.165) is 23.8 Å². The molecule has 2 heterocycles. The number of carbonyl (C=O) groups excluding carboxylic acids is 7. The molecule has 2 aliphatic heterocycles. The molecule has 0 aliphatic carbocycles. The van der Waals surface area contributed by atoms with Crippen LogP contribution in [0, 0.1) is 0 Å². The highest BCUT2D eigenvalue weighted by Gasteiger charge is 2.32. The number of carbonyl (C=O) groups is 7. The highest BCUT2D eigenvalue weighted by Crippen LogP contribution is 2.29. The first-order chi connectivity index (χ1) is 21.7. The zero-order chi connectivity index (χ0) is 31.7. The molecule has 0 amide bonds. The van der Waals surface area contributed by atoms with Gasteiger partial charge in [0, 0.05) is 6.42 Å². The van der Waals surface area contributed by atoms with Crippen LogP contribution in [-0.4, -0.2) is 48.4 Å². The van der Waals surface area contributed by atoms with E-state index in [4.69, 9.17) is 14.2 Å². The van der Waals surface area contributed by atoms with Crippen LogP contribution in [0.25, 0.3) is 0 Å². The number of rotatable bonds is 8. The van der Waals surface area contributed by atoms with E-state index in [0.29, 0.717) is 6.42 Å². The Kier molecular flexibility index (Phi) is 7.45. The Hall–Kier alpha value is -6.43. The third-order valence-electron chi connectivity index (χ3n) is 6.81. The molecule has 4 aromatic carbocycles. The second-order valence-corrected chi connectivity index (χ2v) is 9.68. The Morgan fingerprint density at radius 1 is 0.556 bits per heavy atom. The summed E-state index contributed by atoms with van der Waals surface area (Å²) in [6.07, 6.45) is 0.392. The predicted octanol–water partition coefficient (Wildman–Crippen LogP) is 4.15. The molecule has 0 atom stereocenters. The predicted molar refractivity (Wildman–Crippen MR) is 149 cm³/mol. The molecule has 0 unspecified atom stereocenters. The number of fused-ring (bicyclic) bond motifs is 2. The lowest BCUT2D eigenvalue weighted by Crippen LogP contribution is -2.15. The van der Waals surface area contributed by atoms with Crippen molar-refractivity contribution in [3.63, 3.8) is 0 Å². The lowest BCUT2D eigenvalue weighted by atomic mass is 10.1. The van der Waals surface area contributed by atoms with Gasteiger partial charge in [-0.3, -0.25) is 0 Å². The van der Waals surface area contributed by atoms with Gasteiger partial charge in [-0.2, -0.15) is 0 Å². The number of hydrogen-bond donors (Lipinski definition) is 0. The molecule has 222 valence electrons. The summed E-state index contributed by atoms with van der Waals surface area (Å²) in [4.78, 5) is 86.3. The van der Waals surface area contributed by atoms with E-state index in [9.17, 15) is 33.6 Å². The van der Waals surface area contributed by atoms with Gasteiger partial charge in [-0.25, -0.2) is 33.6 Å². The maximum Gasteiger partial charge on any atom is 0.346 e. The molecule has 0 radical (unpaired) electrons. The van der Waals surface area contributed by atoms with Crippen molar-refractivity contribution >= 4 is 41.8 Å². The molecule has 0 aromatic heterocycles. The van der Waals surface area contributed by atoms with Crippen LogP contribution in [0.2, 0.25) is 0 Å². The smallest absolute Gasteiger partial charge is 0.346 e. The van der Waals surface area contributed by atoms with Crippen LogP contribution in [0.1, 0.15) is 78.1 Å². The first-order valence-electron chi connectivity index (χ1n) is 13.3. The number of hydrogen-bond acceptors (Lipinski definition) is 12. The van der Waals surface area contributed by atoms with Gasteiger partial charge in [0.15, 0.2) is 0 Å². The fourth-order valence-corrected chi connectivity index (χ4v) is 4.55. The maximum atomic E-state index is 13.2. The van der Waals surface area contributed by atoms with Gasteiger partial charge in [0.05, 0.1) is 40.0 Å². The summed E-state index contributed by atoms with van der Waals surface area (Å²) in [7, 11) is 0. The van der Waals surface area contributed by atoms with Crippen molar-refractivity contribution in [3.8, 4) is 11.5 Å². The second kappa shape index (κ2) is 11.7. The van der Waals surface area contributed by atoms with Crippen LogP contribution in [0.4, 0.5) is 0 Å². The number of benzene rings is 4. The average molecular weight is 606 g/mol. The van der Waals surface area contributed by atoms with Gasteiger partial charge in [-0.1, -0.05) is 30.3 Å². The Morgan fingerprint density at radius 2 is 1.11 bits per heavy atom. The summed E-state index contributed by atoms with van der Waals surface area (Å²) >= 11 is 0. The summed E-state index contributed by atoms with van der Waals surface area (Å²) in [6, 6.07) is 20.2. The minimum Gasteiger partial charge on any atom is -0.462 e. The second-order valence-electron chi connectivity index (χ2n) is 9.68. The zero-order valence-corrected chi connectivity index (χ0v) is 22.9. The van der Waals surface area contributed by atoms with Gasteiger partial charge in [0.25, 0.3) is 0 Å². The molecule has 2 aliphatic rings. The summed E-state index contributed by atoms with van der Waals surface area (Å²) in [5.74, 6) is -6.64. The van der Waals surface area contributed by atoms with Gasteiger partial charge in [-0.05, 0) is 60.2 Å². The minimum absolute atomic E-state index is 0.00253. The molecule has 4 aromatic rings. The Morgan fingerprint density at radius 3 is 1.71 bits per heavy atom. The van der Waals surface area contributed by atoms with Crippen LogP contribution < -0.4 is 9.47 Å². The van der Waals surface area contributed by atoms with E-state index < -0.39 is 41.8 Å². The molecule has 12 nitrogen and oxygen atoms in total. The molecular weight excluding hydrogens is 588 g/mol. The average Bonchev–Trinajstić information content (AvgIpc) is 3.50. The normalized spacial score (nSPS) is 13.0. The zero-order valence-electron chi connectivity index (χ0n) is 22.9. The largest absolute Gasteiger partial charge is 0.462 e. The third kappa shape index (κ3) is 5.79. The van der Waals surface area contributed by atoms with Gasteiger partial charge >= 0.3 is 41.8 Å². The van der Waals surface area contributed by atoms with Crippen LogP contribution in [0.3, 0.4) is 0 Å². The first kappa shape index (κ1) is 28.7. The third-order valence-corrected chi connectivity index (χ3v) is 6.81. The van der Waals surface area contributed by atoms with Crippen LogP contribution in [0.15, 0.2) is 84.9 Å². The Balaban J connectivity index is 1.24.